The third kappa shape index (κ3) is 3.85. The number of rotatable bonds is 3. The van der Waals surface area contributed by atoms with Crippen molar-refractivity contribution < 1.29 is 19.5 Å². The number of carboxylic acid groups (broad SMARTS) is 1. The number of hydrogen-bond acceptors (Lipinski definition) is 3. The summed E-state index contributed by atoms with van der Waals surface area (Å²) in [7, 11) is 0. The van der Waals surface area contributed by atoms with Gasteiger partial charge < -0.3 is 14.9 Å². The Bertz CT molecular complexity index is 497. The van der Waals surface area contributed by atoms with Gasteiger partial charge in [-0.05, 0) is 31.6 Å². The van der Waals surface area contributed by atoms with Crippen molar-refractivity contribution in [3.8, 4) is 0 Å². The summed E-state index contributed by atoms with van der Waals surface area (Å²) in [5, 5.41) is 9.21. The lowest BCUT2D eigenvalue weighted by molar-refractivity contribution is -0.147. The smallest absolute Gasteiger partial charge is 0.308 e. The number of carbonyl (C=O) groups is 3. The van der Waals surface area contributed by atoms with Crippen molar-refractivity contribution in [3.63, 3.8) is 0 Å². The predicted octanol–water partition coefficient (Wildman–Crippen LogP) is 1.74. The van der Waals surface area contributed by atoms with Gasteiger partial charge in [0.15, 0.2) is 0 Å². The van der Waals surface area contributed by atoms with Crippen LogP contribution in [0.1, 0.15) is 53.4 Å². The molecule has 0 saturated carbocycles. The molecule has 0 aromatic heterocycles. The maximum absolute atomic E-state index is 12.8. The highest BCUT2D eigenvalue weighted by Gasteiger charge is 2.43. The van der Waals surface area contributed by atoms with Crippen molar-refractivity contribution in [3.05, 3.63) is 0 Å². The predicted molar refractivity (Wildman–Crippen MR) is 85.7 cm³/mol. The first-order chi connectivity index (χ1) is 10.6. The summed E-state index contributed by atoms with van der Waals surface area (Å²) in [5.41, 5.74) is -0.109. The molecule has 0 radical (unpaired) electrons. The highest BCUT2D eigenvalue weighted by Crippen LogP contribution is 2.30. The summed E-state index contributed by atoms with van der Waals surface area (Å²) in [6, 6.07) is -0.722. The highest BCUT2D eigenvalue weighted by atomic mass is 16.4. The van der Waals surface area contributed by atoms with E-state index in [0.29, 0.717) is 32.4 Å². The zero-order chi connectivity index (χ0) is 17.4. The minimum absolute atomic E-state index is 0.0231. The molecule has 0 spiro atoms. The minimum Gasteiger partial charge on any atom is -0.481 e. The van der Waals surface area contributed by atoms with Crippen molar-refractivity contribution in [2.24, 2.45) is 11.3 Å². The van der Waals surface area contributed by atoms with Gasteiger partial charge >= 0.3 is 5.97 Å². The van der Waals surface area contributed by atoms with Gasteiger partial charge in [0.1, 0.15) is 6.04 Å². The molecule has 2 amide bonds. The fourth-order valence-electron chi connectivity index (χ4n) is 3.65. The van der Waals surface area contributed by atoms with Crippen molar-refractivity contribution in [1.82, 2.24) is 9.80 Å². The molecule has 0 bridgehead atoms. The SMILES string of the molecule is CC1C(C(=O)O)CCN1C(=O)C1CCCN1C(=O)CC(C)(C)C. The second-order valence-electron chi connectivity index (χ2n) is 7.99. The zero-order valence-corrected chi connectivity index (χ0v) is 14.5. The molecule has 6 heteroatoms. The maximum atomic E-state index is 12.8. The van der Waals surface area contributed by atoms with E-state index in [2.05, 4.69) is 0 Å². The molecule has 2 rings (SSSR count). The first-order valence-corrected chi connectivity index (χ1v) is 8.44. The van der Waals surface area contributed by atoms with Crippen LogP contribution in [-0.4, -0.2) is 57.9 Å². The number of carboxylic acids is 1. The van der Waals surface area contributed by atoms with Gasteiger partial charge in [-0.2, -0.15) is 0 Å². The van der Waals surface area contributed by atoms with Gasteiger partial charge in [-0.3, -0.25) is 14.4 Å². The standard InChI is InChI=1S/C17H28N2O4/c1-11-12(16(22)23)7-9-18(11)15(21)13-6-5-8-19(13)14(20)10-17(2,3)4/h11-13H,5-10H2,1-4H3,(H,22,23). The molecule has 3 atom stereocenters. The molecular weight excluding hydrogens is 296 g/mol. The summed E-state index contributed by atoms with van der Waals surface area (Å²) >= 11 is 0. The molecule has 3 unspecified atom stereocenters. The lowest BCUT2D eigenvalue weighted by Crippen LogP contribution is -2.50. The average Bonchev–Trinajstić information content (AvgIpc) is 3.02. The van der Waals surface area contributed by atoms with Crippen molar-refractivity contribution in [2.45, 2.75) is 65.5 Å². The van der Waals surface area contributed by atoms with E-state index in [4.69, 9.17) is 0 Å². The van der Waals surface area contributed by atoms with Crippen LogP contribution in [0.15, 0.2) is 0 Å². The summed E-state index contributed by atoms with van der Waals surface area (Å²) in [6.45, 7) is 8.91. The Morgan fingerprint density at radius 1 is 1.09 bits per heavy atom. The van der Waals surface area contributed by atoms with Gasteiger partial charge in [-0.25, -0.2) is 0 Å². The Labute approximate surface area is 137 Å². The second kappa shape index (κ2) is 6.49. The second-order valence-corrected chi connectivity index (χ2v) is 7.99. The Balaban J connectivity index is 2.07. The van der Waals surface area contributed by atoms with Gasteiger partial charge in [0.05, 0.1) is 5.92 Å². The molecule has 0 aromatic carbocycles. The van der Waals surface area contributed by atoms with Crippen molar-refractivity contribution in [2.75, 3.05) is 13.1 Å². The van der Waals surface area contributed by atoms with E-state index in [1.807, 2.05) is 20.8 Å². The third-order valence-corrected chi connectivity index (χ3v) is 4.89. The monoisotopic (exact) mass is 324 g/mol. The number of amides is 2. The molecular formula is C17H28N2O4. The van der Waals surface area contributed by atoms with Crippen LogP contribution < -0.4 is 0 Å². The Kier molecular flexibility index (Phi) is 5.01. The van der Waals surface area contributed by atoms with E-state index in [1.165, 1.54) is 0 Å². The van der Waals surface area contributed by atoms with Gasteiger partial charge in [-0.1, -0.05) is 20.8 Å². The van der Waals surface area contributed by atoms with E-state index in [9.17, 15) is 19.5 Å². The maximum Gasteiger partial charge on any atom is 0.308 e. The van der Waals surface area contributed by atoms with Gasteiger partial charge in [0.25, 0.3) is 0 Å². The number of hydrogen-bond donors (Lipinski definition) is 1. The van der Waals surface area contributed by atoms with E-state index in [0.717, 1.165) is 6.42 Å². The Morgan fingerprint density at radius 2 is 1.74 bits per heavy atom. The molecule has 2 saturated heterocycles. The molecule has 2 fully saturated rings. The topological polar surface area (TPSA) is 77.9 Å². The number of nitrogens with zero attached hydrogens (tertiary/aromatic N) is 2. The largest absolute Gasteiger partial charge is 0.481 e. The summed E-state index contributed by atoms with van der Waals surface area (Å²) in [6.07, 6.45) is 2.42. The normalized spacial score (nSPS) is 28.3. The number of carbonyl (C=O) groups excluding carboxylic acids is 2. The van der Waals surface area contributed by atoms with Crippen LogP contribution in [-0.2, 0) is 14.4 Å². The fourth-order valence-corrected chi connectivity index (χ4v) is 3.65. The molecule has 0 aromatic rings. The van der Waals surface area contributed by atoms with E-state index in [1.54, 1.807) is 16.7 Å². The summed E-state index contributed by atoms with van der Waals surface area (Å²) < 4.78 is 0. The number of aliphatic carboxylic acids is 1. The molecule has 23 heavy (non-hydrogen) atoms. The van der Waals surface area contributed by atoms with E-state index < -0.39 is 17.9 Å². The lowest BCUT2D eigenvalue weighted by Gasteiger charge is -2.32. The molecule has 2 heterocycles. The molecule has 1 N–H and O–H groups in total. The van der Waals surface area contributed by atoms with Crippen LogP contribution in [0.5, 0.6) is 0 Å². The van der Waals surface area contributed by atoms with Gasteiger partial charge in [-0.15, -0.1) is 0 Å². The summed E-state index contributed by atoms with van der Waals surface area (Å²) in [4.78, 5) is 39.9. The van der Waals surface area contributed by atoms with Crippen LogP contribution in [0, 0.1) is 11.3 Å². The van der Waals surface area contributed by atoms with E-state index >= 15 is 0 Å². The van der Waals surface area contributed by atoms with Crippen LogP contribution in [0.4, 0.5) is 0 Å². The van der Waals surface area contributed by atoms with Crippen LogP contribution in [0.3, 0.4) is 0 Å². The molecule has 0 aliphatic carbocycles. The zero-order valence-electron chi connectivity index (χ0n) is 14.5. The first kappa shape index (κ1) is 17.8. The van der Waals surface area contributed by atoms with Crippen molar-refractivity contribution >= 4 is 17.8 Å². The van der Waals surface area contributed by atoms with Crippen molar-refractivity contribution in [1.29, 1.82) is 0 Å². The fraction of sp³-hybridized carbons (Fsp3) is 0.824. The average molecular weight is 324 g/mol. The third-order valence-electron chi connectivity index (χ3n) is 4.89. The Hall–Kier alpha value is -1.59. The quantitative estimate of drug-likeness (QED) is 0.857. The van der Waals surface area contributed by atoms with E-state index in [-0.39, 0.29) is 23.3 Å². The highest BCUT2D eigenvalue weighted by molar-refractivity contribution is 5.89. The Morgan fingerprint density at radius 3 is 2.26 bits per heavy atom. The summed E-state index contributed by atoms with van der Waals surface area (Å²) in [5.74, 6) is -1.41. The van der Waals surface area contributed by atoms with Crippen LogP contribution in [0.2, 0.25) is 0 Å². The van der Waals surface area contributed by atoms with Gasteiger partial charge in [0, 0.05) is 25.6 Å². The molecule has 2 aliphatic heterocycles. The minimum atomic E-state index is -0.847. The van der Waals surface area contributed by atoms with Crippen LogP contribution in [0.25, 0.3) is 0 Å². The molecule has 6 nitrogen and oxygen atoms in total. The first-order valence-electron chi connectivity index (χ1n) is 8.44. The van der Waals surface area contributed by atoms with Crippen LogP contribution >= 0.6 is 0 Å². The lowest BCUT2D eigenvalue weighted by atomic mass is 9.91. The van der Waals surface area contributed by atoms with Gasteiger partial charge in [0.2, 0.25) is 11.8 Å². The molecule has 130 valence electrons. The molecule has 2 aliphatic rings. The number of likely N-dealkylation sites (tertiary alicyclic amines) is 2.